The van der Waals surface area contributed by atoms with Crippen molar-refractivity contribution in [1.29, 1.82) is 0 Å². The highest BCUT2D eigenvalue weighted by Gasteiger charge is 2.02. The lowest BCUT2D eigenvalue weighted by molar-refractivity contribution is 0.414. The summed E-state index contributed by atoms with van der Waals surface area (Å²) in [5.41, 5.74) is 0. The van der Waals surface area contributed by atoms with E-state index in [4.69, 9.17) is 4.74 Å². The molecule has 5 heteroatoms. The summed E-state index contributed by atoms with van der Waals surface area (Å²) < 4.78 is 19.0. The van der Waals surface area contributed by atoms with Crippen molar-refractivity contribution < 1.29 is 9.13 Å². The van der Waals surface area contributed by atoms with Crippen LogP contribution in [-0.4, -0.2) is 21.9 Å². The normalized spacial score (nSPS) is 10.1. The summed E-state index contributed by atoms with van der Waals surface area (Å²) in [5.74, 6) is 0.786. The van der Waals surface area contributed by atoms with Crippen molar-refractivity contribution in [3.63, 3.8) is 0 Å². The van der Waals surface area contributed by atoms with Crippen LogP contribution in [0, 0.1) is 5.82 Å². The summed E-state index contributed by atoms with van der Waals surface area (Å²) in [7, 11) is 1.56. The third kappa shape index (κ3) is 1.56. The fourth-order valence-corrected chi connectivity index (χ4v) is 1.08. The highest BCUT2D eigenvalue weighted by Crippen LogP contribution is 2.12. The van der Waals surface area contributed by atoms with Gasteiger partial charge in [0.15, 0.2) is 11.6 Å². The minimum atomic E-state index is -0.394. The van der Waals surface area contributed by atoms with E-state index in [2.05, 4.69) is 10.1 Å². The second-order valence-electron chi connectivity index (χ2n) is 2.66. The molecule has 0 N–H and O–H groups in total. The van der Waals surface area contributed by atoms with Crippen LogP contribution in [-0.2, 0) is 0 Å². The molecule has 0 amide bonds. The van der Waals surface area contributed by atoms with Gasteiger partial charge in [-0.05, 0) is 6.07 Å². The Morgan fingerprint density at radius 3 is 3.00 bits per heavy atom. The number of ether oxygens (including phenoxy) is 1. The lowest BCUT2D eigenvalue weighted by atomic mass is 10.4. The van der Waals surface area contributed by atoms with Crippen LogP contribution in [0.25, 0.3) is 5.82 Å². The number of nitrogens with zero attached hydrogens (tertiary/aromatic N) is 3. The van der Waals surface area contributed by atoms with Crippen molar-refractivity contribution in [2.45, 2.75) is 0 Å². The maximum Gasteiger partial charge on any atom is 0.161 e. The van der Waals surface area contributed by atoms with Crippen molar-refractivity contribution in [3.8, 4) is 11.6 Å². The minimum absolute atomic E-state index is 0.394. The highest BCUT2D eigenvalue weighted by molar-refractivity contribution is 5.31. The molecule has 2 heterocycles. The molecule has 0 saturated carbocycles. The molecule has 72 valence electrons. The van der Waals surface area contributed by atoms with Gasteiger partial charge < -0.3 is 4.74 Å². The van der Waals surface area contributed by atoms with Crippen molar-refractivity contribution in [2.24, 2.45) is 0 Å². The van der Waals surface area contributed by atoms with Gasteiger partial charge in [0.1, 0.15) is 5.75 Å². The molecule has 0 saturated heterocycles. The molecule has 0 unspecified atom stereocenters. The Balaban J connectivity index is 2.41. The summed E-state index contributed by atoms with van der Waals surface area (Å²) in [6.45, 7) is 0. The topological polar surface area (TPSA) is 39.9 Å². The van der Waals surface area contributed by atoms with Crippen LogP contribution in [0.5, 0.6) is 5.75 Å². The molecule has 0 aliphatic rings. The van der Waals surface area contributed by atoms with Gasteiger partial charge in [0, 0.05) is 12.3 Å². The fourth-order valence-electron chi connectivity index (χ4n) is 1.08. The molecule has 4 nitrogen and oxygen atoms in total. The quantitative estimate of drug-likeness (QED) is 0.724. The van der Waals surface area contributed by atoms with Gasteiger partial charge in [-0.25, -0.2) is 14.1 Å². The Morgan fingerprint density at radius 1 is 1.50 bits per heavy atom. The molecule has 14 heavy (non-hydrogen) atoms. The second-order valence-corrected chi connectivity index (χ2v) is 2.66. The SMILES string of the molecule is COc1ccnc(-n2cc(F)cn2)c1. The lowest BCUT2D eigenvalue weighted by Gasteiger charge is -2.02. The van der Waals surface area contributed by atoms with Gasteiger partial charge in [-0.2, -0.15) is 5.10 Å². The molecule has 2 rings (SSSR count). The Kier molecular flexibility index (Phi) is 2.14. The number of methoxy groups -OCH3 is 1. The van der Waals surface area contributed by atoms with Crippen LogP contribution in [0.4, 0.5) is 4.39 Å². The predicted molar refractivity (Wildman–Crippen MR) is 47.9 cm³/mol. The van der Waals surface area contributed by atoms with Crippen molar-refractivity contribution in [3.05, 3.63) is 36.5 Å². The maximum atomic E-state index is 12.7. The van der Waals surface area contributed by atoms with Gasteiger partial charge in [0.05, 0.1) is 19.5 Å². The number of hydrogen-bond donors (Lipinski definition) is 0. The summed E-state index contributed by atoms with van der Waals surface area (Å²) >= 11 is 0. The molecule has 2 aromatic rings. The Labute approximate surface area is 80.0 Å². The van der Waals surface area contributed by atoms with E-state index in [1.165, 1.54) is 10.9 Å². The first-order chi connectivity index (χ1) is 6.79. The number of halogens is 1. The van der Waals surface area contributed by atoms with E-state index in [-0.39, 0.29) is 0 Å². The first kappa shape index (κ1) is 8.68. The molecule has 0 atom stereocenters. The average molecular weight is 193 g/mol. The maximum absolute atomic E-state index is 12.7. The zero-order valence-electron chi connectivity index (χ0n) is 7.51. The van der Waals surface area contributed by atoms with E-state index >= 15 is 0 Å². The summed E-state index contributed by atoms with van der Waals surface area (Å²) in [5, 5.41) is 3.79. The Morgan fingerprint density at radius 2 is 2.36 bits per heavy atom. The smallest absolute Gasteiger partial charge is 0.161 e. The zero-order valence-corrected chi connectivity index (χ0v) is 7.51. The molecule has 0 spiro atoms. The highest BCUT2D eigenvalue weighted by atomic mass is 19.1. The number of aromatic nitrogens is 3. The van der Waals surface area contributed by atoms with Crippen LogP contribution in [0.3, 0.4) is 0 Å². The van der Waals surface area contributed by atoms with E-state index < -0.39 is 5.82 Å². The lowest BCUT2D eigenvalue weighted by Crippen LogP contribution is -1.97. The molecule has 0 radical (unpaired) electrons. The van der Waals surface area contributed by atoms with Crippen LogP contribution in [0.1, 0.15) is 0 Å². The monoisotopic (exact) mass is 193 g/mol. The van der Waals surface area contributed by atoms with Gasteiger partial charge in [0.2, 0.25) is 0 Å². The number of hydrogen-bond acceptors (Lipinski definition) is 3. The Bertz CT molecular complexity index is 441. The van der Waals surface area contributed by atoms with Gasteiger partial charge in [-0.3, -0.25) is 0 Å². The predicted octanol–water partition coefficient (Wildman–Crippen LogP) is 1.41. The fraction of sp³-hybridized carbons (Fsp3) is 0.111. The van der Waals surface area contributed by atoms with Crippen LogP contribution < -0.4 is 4.74 Å². The van der Waals surface area contributed by atoms with Crippen molar-refractivity contribution >= 4 is 0 Å². The molecule has 0 fully saturated rings. The van der Waals surface area contributed by atoms with Gasteiger partial charge >= 0.3 is 0 Å². The van der Waals surface area contributed by atoms with Crippen LogP contribution in [0.15, 0.2) is 30.7 Å². The summed E-state index contributed by atoms with van der Waals surface area (Å²) in [4.78, 5) is 4.02. The van der Waals surface area contributed by atoms with Gasteiger partial charge in [0.25, 0.3) is 0 Å². The van der Waals surface area contributed by atoms with E-state index in [0.29, 0.717) is 11.6 Å². The van der Waals surface area contributed by atoms with E-state index in [0.717, 1.165) is 6.20 Å². The third-order valence-electron chi connectivity index (χ3n) is 1.74. The third-order valence-corrected chi connectivity index (χ3v) is 1.74. The Hall–Kier alpha value is -1.91. The summed E-state index contributed by atoms with van der Waals surface area (Å²) in [6.07, 6.45) is 3.96. The first-order valence-corrected chi connectivity index (χ1v) is 4.00. The molecule has 2 aromatic heterocycles. The van der Waals surface area contributed by atoms with Gasteiger partial charge in [-0.1, -0.05) is 0 Å². The molecule has 0 aliphatic carbocycles. The molecule has 0 aromatic carbocycles. The van der Waals surface area contributed by atoms with E-state index in [1.807, 2.05) is 0 Å². The summed E-state index contributed by atoms with van der Waals surface area (Å²) in [6, 6.07) is 3.38. The van der Waals surface area contributed by atoms with Crippen molar-refractivity contribution in [1.82, 2.24) is 14.8 Å². The molecule has 0 aliphatic heterocycles. The van der Waals surface area contributed by atoms with E-state index in [1.54, 1.807) is 25.4 Å². The van der Waals surface area contributed by atoms with Crippen LogP contribution in [0.2, 0.25) is 0 Å². The first-order valence-electron chi connectivity index (χ1n) is 4.00. The van der Waals surface area contributed by atoms with E-state index in [9.17, 15) is 4.39 Å². The molecule has 0 bridgehead atoms. The molecular formula is C9H8FN3O. The minimum Gasteiger partial charge on any atom is -0.497 e. The number of pyridine rings is 1. The number of rotatable bonds is 2. The largest absolute Gasteiger partial charge is 0.497 e. The van der Waals surface area contributed by atoms with Gasteiger partial charge in [-0.15, -0.1) is 0 Å². The average Bonchev–Trinajstić information content (AvgIpc) is 2.65. The molecular weight excluding hydrogens is 185 g/mol. The standard InChI is InChI=1S/C9H8FN3O/c1-14-8-2-3-11-9(4-8)13-6-7(10)5-12-13/h2-6H,1H3. The van der Waals surface area contributed by atoms with Crippen molar-refractivity contribution in [2.75, 3.05) is 7.11 Å². The zero-order chi connectivity index (χ0) is 9.97. The van der Waals surface area contributed by atoms with Crippen LogP contribution >= 0.6 is 0 Å². The second kappa shape index (κ2) is 3.45.